The highest BCUT2D eigenvalue weighted by atomic mass is 16.4. The Kier molecular flexibility index (Phi) is 9.09. The average Bonchev–Trinajstić information content (AvgIpc) is 2.95. The Labute approximate surface area is 166 Å². The molecule has 1 saturated carbocycles. The van der Waals surface area contributed by atoms with E-state index in [2.05, 4.69) is 0 Å². The van der Waals surface area contributed by atoms with Gasteiger partial charge in [0.05, 0.1) is 12.2 Å². The first-order valence-corrected chi connectivity index (χ1v) is 10.3. The van der Waals surface area contributed by atoms with Gasteiger partial charge in [-0.2, -0.15) is 0 Å². The zero-order chi connectivity index (χ0) is 20.5. The minimum atomic E-state index is -1.11. The second kappa shape index (κ2) is 11.3. The van der Waals surface area contributed by atoms with Crippen LogP contribution in [0.25, 0.3) is 0 Å². The summed E-state index contributed by atoms with van der Waals surface area (Å²) in [5.74, 6) is -1.28. The Morgan fingerprint density at radius 2 is 1.54 bits per heavy atom. The number of carboxylic acid groups (broad SMARTS) is 1. The first-order valence-electron chi connectivity index (χ1n) is 10.3. The maximum atomic E-state index is 12.3. The summed E-state index contributed by atoms with van der Waals surface area (Å²) in [4.78, 5) is 22.8. The lowest BCUT2D eigenvalue weighted by molar-refractivity contribution is -0.137. The van der Waals surface area contributed by atoms with Crippen molar-refractivity contribution in [1.82, 2.24) is 0 Å². The predicted octanol–water partition coefficient (Wildman–Crippen LogP) is 2.79. The predicted molar refractivity (Wildman–Crippen MR) is 105 cm³/mol. The molecule has 0 amide bonds. The molecule has 4 N–H and O–H groups in total. The largest absolute Gasteiger partial charge is 0.481 e. The van der Waals surface area contributed by atoms with Crippen LogP contribution < -0.4 is 0 Å². The molecule has 6 heteroatoms. The number of hydrogen-bond donors (Lipinski definition) is 4. The van der Waals surface area contributed by atoms with Crippen molar-refractivity contribution in [3.8, 4) is 0 Å². The number of carbonyl (C=O) groups is 2. The molecule has 0 saturated heterocycles. The average molecular weight is 392 g/mol. The molecule has 156 valence electrons. The third-order valence-corrected chi connectivity index (χ3v) is 5.83. The van der Waals surface area contributed by atoms with Crippen molar-refractivity contribution in [3.05, 3.63) is 35.9 Å². The Morgan fingerprint density at radius 3 is 2.18 bits per heavy atom. The van der Waals surface area contributed by atoms with E-state index < -0.39 is 24.3 Å². The number of ketones is 1. The zero-order valence-corrected chi connectivity index (χ0v) is 16.2. The number of aliphatic hydroxyl groups excluding tert-OH is 3. The second-order valence-electron chi connectivity index (χ2n) is 7.87. The fraction of sp³-hybridized carbons (Fsp3) is 0.636. The van der Waals surface area contributed by atoms with Gasteiger partial charge in [0.2, 0.25) is 0 Å². The molecule has 2 unspecified atom stereocenters. The van der Waals surface area contributed by atoms with Crippen LogP contribution in [0.1, 0.15) is 68.1 Å². The van der Waals surface area contributed by atoms with E-state index in [1.165, 1.54) is 0 Å². The summed E-state index contributed by atoms with van der Waals surface area (Å²) in [5.41, 5.74) is 0.472. The van der Waals surface area contributed by atoms with E-state index in [9.17, 15) is 24.9 Å². The van der Waals surface area contributed by atoms with Crippen LogP contribution in [0.5, 0.6) is 0 Å². The van der Waals surface area contributed by atoms with Crippen molar-refractivity contribution in [1.29, 1.82) is 0 Å². The molecule has 1 aromatic rings. The summed E-state index contributed by atoms with van der Waals surface area (Å²) >= 11 is 0. The number of aliphatic hydroxyl groups is 3. The molecule has 1 aliphatic rings. The van der Waals surface area contributed by atoms with Crippen molar-refractivity contribution in [3.63, 3.8) is 0 Å². The fourth-order valence-corrected chi connectivity index (χ4v) is 4.27. The normalized spacial score (nSPS) is 25.5. The van der Waals surface area contributed by atoms with Crippen LogP contribution in [-0.2, 0) is 4.79 Å². The van der Waals surface area contributed by atoms with E-state index >= 15 is 0 Å². The monoisotopic (exact) mass is 392 g/mol. The molecule has 0 aliphatic heterocycles. The Balaban J connectivity index is 1.79. The van der Waals surface area contributed by atoms with Gasteiger partial charge in [0.25, 0.3) is 0 Å². The summed E-state index contributed by atoms with van der Waals surface area (Å²) in [6, 6.07) is 8.67. The lowest BCUT2D eigenvalue weighted by Gasteiger charge is -2.24. The smallest absolute Gasteiger partial charge is 0.303 e. The molecule has 0 radical (unpaired) electrons. The van der Waals surface area contributed by atoms with E-state index in [0.717, 1.165) is 25.7 Å². The van der Waals surface area contributed by atoms with Gasteiger partial charge in [0.15, 0.2) is 5.78 Å². The highest BCUT2D eigenvalue weighted by Gasteiger charge is 2.41. The molecule has 0 aromatic heterocycles. The van der Waals surface area contributed by atoms with E-state index in [1.807, 2.05) is 6.07 Å². The Morgan fingerprint density at radius 1 is 0.929 bits per heavy atom. The number of aliphatic carboxylic acids is 1. The first kappa shape index (κ1) is 22.5. The molecule has 0 bridgehead atoms. The molecule has 0 heterocycles. The summed E-state index contributed by atoms with van der Waals surface area (Å²) < 4.78 is 0. The molecule has 28 heavy (non-hydrogen) atoms. The third-order valence-electron chi connectivity index (χ3n) is 5.83. The molecular formula is C22H32O6. The molecule has 2 rings (SSSR count). The number of benzene rings is 1. The topological polar surface area (TPSA) is 115 Å². The third kappa shape index (κ3) is 6.69. The minimum absolute atomic E-state index is 0.0477. The molecule has 1 aromatic carbocycles. The van der Waals surface area contributed by atoms with Gasteiger partial charge in [-0.15, -0.1) is 0 Å². The van der Waals surface area contributed by atoms with Crippen LogP contribution >= 0.6 is 0 Å². The summed E-state index contributed by atoms with van der Waals surface area (Å²) in [5, 5.41) is 39.5. The lowest BCUT2D eigenvalue weighted by atomic mass is 9.84. The van der Waals surface area contributed by atoms with Gasteiger partial charge < -0.3 is 20.4 Å². The molecule has 5 atom stereocenters. The minimum Gasteiger partial charge on any atom is -0.481 e. The standard InChI is InChI=1S/C22H32O6/c23-18(22(28)15-8-4-3-5-9-15)13-12-17-16(19(24)14-20(17)25)10-6-1-2-7-11-21(26)27/h3-5,8-9,16-20,23-25H,1-2,6-7,10-14H2,(H,26,27)/t16-,17-,18?,19+,20?/m1/s1. The van der Waals surface area contributed by atoms with Crippen molar-refractivity contribution < 1.29 is 30.0 Å². The van der Waals surface area contributed by atoms with Crippen LogP contribution in [0, 0.1) is 11.8 Å². The lowest BCUT2D eigenvalue weighted by Crippen LogP contribution is -2.26. The SMILES string of the molecule is O=C(O)CCCCCC[C@H]1[C@@H](O)CC(O)[C@@H]1CCC(O)C(=O)c1ccccc1. The van der Waals surface area contributed by atoms with Gasteiger partial charge in [-0.25, -0.2) is 0 Å². The maximum Gasteiger partial charge on any atom is 0.303 e. The van der Waals surface area contributed by atoms with Gasteiger partial charge in [-0.1, -0.05) is 49.6 Å². The van der Waals surface area contributed by atoms with Crippen molar-refractivity contribution in [2.24, 2.45) is 11.8 Å². The fourth-order valence-electron chi connectivity index (χ4n) is 4.27. The van der Waals surface area contributed by atoms with Gasteiger partial charge in [0.1, 0.15) is 6.10 Å². The van der Waals surface area contributed by atoms with Gasteiger partial charge >= 0.3 is 5.97 Å². The summed E-state index contributed by atoms with van der Waals surface area (Å²) in [6.45, 7) is 0. The Bertz CT molecular complexity index is 617. The summed E-state index contributed by atoms with van der Waals surface area (Å²) in [7, 11) is 0. The highest BCUT2D eigenvalue weighted by molar-refractivity contribution is 5.99. The first-order chi connectivity index (χ1) is 13.4. The number of unbranched alkanes of at least 4 members (excludes halogenated alkanes) is 3. The number of rotatable bonds is 12. The molecule has 0 spiro atoms. The Hall–Kier alpha value is -1.76. The highest BCUT2D eigenvalue weighted by Crippen LogP contribution is 2.39. The van der Waals surface area contributed by atoms with Gasteiger partial charge in [0, 0.05) is 12.0 Å². The van der Waals surface area contributed by atoms with Crippen LogP contribution in [-0.4, -0.2) is 50.5 Å². The number of carbonyl (C=O) groups excluding carboxylic acids is 1. The van der Waals surface area contributed by atoms with E-state index in [1.54, 1.807) is 24.3 Å². The van der Waals surface area contributed by atoms with Gasteiger partial charge in [-0.05, 0) is 43.9 Å². The van der Waals surface area contributed by atoms with E-state index in [-0.39, 0.29) is 30.5 Å². The number of Topliss-reactive ketones (excluding diaryl/α,β-unsaturated/α-hetero) is 1. The molecule has 6 nitrogen and oxygen atoms in total. The maximum absolute atomic E-state index is 12.3. The van der Waals surface area contributed by atoms with E-state index in [4.69, 9.17) is 5.11 Å². The number of hydrogen-bond acceptors (Lipinski definition) is 5. The molecular weight excluding hydrogens is 360 g/mol. The van der Waals surface area contributed by atoms with Crippen LogP contribution in [0.2, 0.25) is 0 Å². The molecule has 1 aliphatic carbocycles. The summed E-state index contributed by atoms with van der Waals surface area (Å²) in [6.07, 6.45) is 2.99. The van der Waals surface area contributed by atoms with Crippen LogP contribution in [0.15, 0.2) is 30.3 Å². The van der Waals surface area contributed by atoms with Crippen LogP contribution in [0.4, 0.5) is 0 Å². The van der Waals surface area contributed by atoms with Crippen molar-refractivity contribution >= 4 is 11.8 Å². The molecule has 1 fully saturated rings. The van der Waals surface area contributed by atoms with E-state index in [0.29, 0.717) is 24.8 Å². The quantitative estimate of drug-likeness (QED) is 0.321. The van der Waals surface area contributed by atoms with Crippen molar-refractivity contribution in [2.45, 2.75) is 76.1 Å². The second-order valence-corrected chi connectivity index (χ2v) is 7.87. The van der Waals surface area contributed by atoms with Crippen molar-refractivity contribution in [2.75, 3.05) is 0 Å². The van der Waals surface area contributed by atoms with Gasteiger partial charge in [-0.3, -0.25) is 9.59 Å². The van der Waals surface area contributed by atoms with Crippen LogP contribution in [0.3, 0.4) is 0 Å². The zero-order valence-electron chi connectivity index (χ0n) is 16.2. The number of carboxylic acids is 1.